The number of nitrogens with zero attached hydrogens (tertiary/aromatic N) is 1. The van der Waals surface area contributed by atoms with E-state index in [2.05, 4.69) is 27.6 Å². The zero-order chi connectivity index (χ0) is 7.56. The third-order valence-corrected chi connectivity index (χ3v) is 1.98. The Hall–Kier alpha value is -0.450. The molecule has 10 heavy (non-hydrogen) atoms. The predicted molar refractivity (Wildman–Crippen MR) is 47.1 cm³/mol. The Labute approximate surface area is 72.8 Å². The predicted octanol–water partition coefficient (Wildman–Crippen LogP) is 1.81. The Morgan fingerprint density at radius 2 is 2.40 bits per heavy atom. The summed E-state index contributed by atoms with van der Waals surface area (Å²) >= 11 is 2.09. The third kappa shape index (κ3) is 1.53. The lowest BCUT2D eigenvalue weighted by Crippen LogP contribution is -1.91. The second kappa shape index (κ2) is 3.09. The van der Waals surface area contributed by atoms with Crippen LogP contribution in [0.15, 0.2) is 12.3 Å². The number of pyridine rings is 1. The molecule has 0 unspecified atom stereocenters. The largest absolute Gasteiger partial charge is 0.296 e. The highest BCUT2D eigenvalue weighted by Crippen LogP contribution is 2.08. The van der Waals surface area contributed by atoms with E-state index in [1.54, 1.807) is 6.20 Å². The van der Waals surface area contributed by atoms with E-state index in [4.69, 9.17) is 0 Å². The van der Waals surface area contributed by atoms with Gasteiger partial charge in [0.1, 0.15) is 5.69 Å². The van der Waals surface area contributed by atoms with E-state index in [1.807, 2.05) is 13.0 Å². The molecular weight excluding hydrogens is 241 g/mol. The average molecular weight is 247 g/mol. The summed E-state index contributed by atoms with van der Waals surface area (Å²) in [4.78, 5) is 14.2. The minimum atomic E-state index is 0.520. The monoisotopic (exact) mass is 247 g/mol. The van der Waals surface area contributed by atoms with Crippen LogP contribution in [0.5, 0.6) is 0 Å². The van der Waals surface area contributed by atoms with Crippen LogP contribution in [0.4, 0.5) is 0 Å². The van der Waals surface area contributed by atoms with Gasteiger partial charge < -0.3 is 0 Å². The number of carbonyl (C=O) groups excluding carboxylic acids is 1. The van der Waals surface area contributed by atoms with E-state index in [-0.39, 0.29) is 0 Å². The number of carbonyl (C=O) groups is 1. The standard InChI is InChI=1S/C7H6INO/c1-5-2-6(8)7(4-10)9-3-5/h2-4H,1H3. The molecule has 0 radical (unpaired) electrons. The molecule has 1 aromatic rings. The molecule has 3 heteroatoms. The Balaban J connectivity index is 3.19. The smallest absolute Gasteiger partial charge is 0.169 e. The molecule has 1 aromatic heterocycles. The maximum Gasteiger partial charge on any atom is 0.169 e. The first-order valence-corrected chi connectivity index (χ1v) is 3.89. The molecule has 0 atom stereocenters. The van der Waals surface area contributed by atoms with Crippen molar-refractivity contribution in [2.75, 3.05) is 0 Å². The number of halogens is 1. The fourth-order valence-electron chi connectivity index (χ4n) is 0.631. The molecule has 0 aliphatic heterocycles. The minimum absolute atomic E-state index is 0.520. The van der Waals surface area contributed by atoms with Crippen LogP contribution in [0.25, 0.3) is 0 Å². The summed E-state index contributed by atoms with van der Waals surface area (Å²) in [6, 6.07) is 1.93. The van der Waals surface area contributed by atoms with Crippen LogP contribution in [0.3, 0.4) is 0 Å². The molecule has 0 fully saturated rings. The zero-order valence-electron chi connectivity index (χ0n) is 5.47. The third-order valence-electron chi connectivity index (χ3n) is 1.12. The van der Waals surface area contributed by atoms with E-state index < -0.39 is 0 Å². The van der Waals surface area contributed by atoms with Gasteiger partial charge in [0.25, 0.3) is 0 Å². The highest BCUT2D eigenvalue weighted by Gasteiger charge is 1.97. The first-order chi connectivity index (χ1) is 4.74. The summed E-state index contributed by atoms with van der Waals surface area (Å²) in [5.41, 5.74) is 1.60. The quantitative estimate of drug-likeness (QED) is 0.559. The lowest BCUT2D eigenvalue weighted by molar-refractivity contribution is 0.111. The average Bonchev–Trinajstić information content (AvgIpc) is 1.88. The maximum atomic E-state index is 10.3. The van der Waals surface area contributed by atoms with Crippen molar-refractivity contribution in [3.05, 3.63) is 27.1 Å². The molecule has 0 saturated heterocycles. The number of hydrogen-bond donors (Lipinski definition) is 0. The molecule has 0 aromatic carbocycles. The topological polar surface area (TPSA) is 30.0 Å². The van der Waals surface area contributed by atoms with Crippen molar-refractivity contribution in [3.63, 3.8) is 0 Å². The number of hydrogen-bond acceptors (Lipinski definition) is 2. The van der Waals surface area contributed by atoms with Crippen molar-refractivity contribution < 1.29 is 4.79 Å². The second-order valence-electron chi connectivity index (χ2n) is 2.00. The normalized spacial score (nSPS) is 9.40. The van der Waals surface area contributed by atoms with E-state index in [0.717, 1.165) is 15.4 Å². The van der Waals surface area contributed by atoms with Crippen LogP contribution in [0, 0.1) is 10.5 Å². The molecule has 0 aliphatic rings. The van der Waals surface area contributed by atoms with Crippen molar-refractivity contribution in [2.45, 2.75) is 6.92 Å². The fraction of sp³-hybridized carbons (Fsp3) is 0.143. The summed E-state index contributed by atoms with van der Waals surface area (Å²) in [6.45, 7) is 1.95. The molecule has 0 N–H and O–H groups in total. The molecule has 0 amide bonds. The van der Waals surface area contributed by atoms with Crippen molar-refractivity contribution in [3.8, 4) is 0 Å². The highest BCUT2D eigenvalue weighted by atomic mass is 127. The lowest BCUT2D eigenvalue weighted by atomic mass is 10.3. The van der Waals surface area contributed by atoms with Crippen LogP contribution in [-0.4, -0.2) is 11.3 Å². The second-order valence-corrected chi connectivity index (χ2v) is 3.16. The summed E-state index contributed by atoms with van der Waals surface area (Å²) < 4.78 is 0.910. The van der Waals surface area contributed by atoms with Gasteiger partial charge in [-0.1, -0.05) is 0 Å². The van der Waals surface area contributed by atoms with Gasteiger partial charge in [-0.25, -0.2) is 0 Å². The van der Waals surface area contributed by atoms with Gasteiger partial charge in [-0.3, -0.25) is 9.78 Å². The molecule has 2 nitrogen and oxygen atoms in total. The lowest BCUT2D eigenvalue weighted by Gasteiger charge is -1.94. The van der Waals surface area contributed by atoms with Gasteiger partial charge in [0, 0.05) is 9.77 Å². The minimum Gasteiger partial charge on any atom is -0.296 e. The van der Waals surface area contributed by atoms with Crippen molar-refractivity contribution >= 4 is 28.9 Å². The Morgan fingerprint density at radius 1 is 1.70 bits per heavy atom. The van der Waals surface area contributed by atoms with Crippen molar-refractivity contribution in [2.24, 2.45) is 0 Å². The molecule has 1 rings (SSSR count). The van der Waals surface area contributed by atoms with Crippen LogP contribution < -0.4 is 0 Å². The van der Waals surface area contributed by atoms with Gasteiger partial charge in [-0.15, -0.1) is 0 Å². The molecule has 0 saturated carbocycles. The van der Waals surface area contributed by atoms with Gasteiger partial charge in [0.15, 0.2) is 6.29 Å². The first-order valence-electron chi connectivity index (χ1n) is 2.81. The summed E-state index contributed by atoms with van der Waals surface area (Å²) in [7, 11) is 0. The Morgan fingerprint density at radius 3 is 2.90 bits per heavy atom. The van der Waals surface area contributed by atoms with Crippen LogP contribution in [-0.2, 0) is 0 Å². The molecule has 1 heterocycles. The zero-order valence-corrected chi connectivity index (χ0v) is 7.62. The van der Waals surface area contributed by atoms with E-state index in [1.165, 1.54) is 0 Å². The van der Waals surface area contributed by atoms with Crippen LogP contribution in [0.1, 0.15) is 16.1 Å². The highest BCUT2D eigenvalue weighted by molar-refractivity contribution is 14.1. The van der Waals surface area contributed by atoms with Crippen molar-refractivity contribution in [1.82, 2.24) is 4.98 Å². The molecular formula is C7H6INO. The van der Waals surface area contributed by atoms with Crippen LogP contribution >= 0.6 is 22.6 Å². The van der Waals surface area contributed by atoms with Gasteiger partial charge in [0.2, 0.25) is 0 Å². The van der Waals surface area contributed by atoms with Crippen LogP contribution in [0.2, 0.25) is 0 Å². The summed E-state index contributed by atoms with van der Waals surface area (Å²) in [5.74, 6) is 0. The van der Waals surface area contributed by atoms with E-state index in [0.29, 0.717) is 5.69 Å². The van der Waals surface area contributed by atoms with Gasteiger partial charge in [-0.2, -0.15) is 0 Å². The summed E-state index contributed by atoms with van der Waals surface area (Å²) in [5, 5.41) is 0. The van der Waals surface area contributed by atoms with E-state index >= 15 is 0 Å². The number of aromatic nitrogens is 1. The molecule has 0 bridgehead atoms. The Kier molecular flexibility index (Phi) is 2.37. The fourth-order valence-corrected chi connectivity index (χ4v) is 1.39. The van der Waals surface area contributed by atoms with Gasteiger partial charge in [0.05, 0.1) is 0 Å². The summed E-state index contributed by atoms with van der Waals surface area (Å²) in [6.07, 6.45) is 2.45. The van der Waals surface area contributed by atoms with Gasteiger partial charge in [-0.05, 0) is 41.1 Å². The Bertz CT molecular complexity index is 260. The van der Waals surface area contributed by atoms with Crippen molar-refractivity contribution in [1.29, 1.82) is 0 Å². The molecule has 0 aliphatic carbocycles. The number of rotatable bonds is 1. The molecule has 0 spiro atoms. The first kappa shape index (κ1) is 7.65. The number of aldehydes is 1. The number of aryl methyl sites for hydroxylation is 1. The van der Waals surface area contributed by atoms with Gasteiger partial charge >= 0.3 is 0 Å². The maximum absolute atomic E-state index is 10.3. The van der Waals surface area contributed by atoms with E-state index in [9.17, 15) is 4.79 Å². The SMILES string of the molecule is Cc1cnc(C=O)c(I)c1. The molecule has 52 valence electrons.